The summed E-state index contributed by atoms with van der Waals surface area (Å²) in [4.78, 5) is -0.682. The average molecular weight is 322 g/mol. The molecule has 4 nitrogen and oxygen atoms in total. The number of benzene rings is 1. The lowest BCUT2D eigenvalue weighted by atomic mass is 10.2. The number of hydrogen-bond acceptors (Lipinski definition) is 3. The molecular formula is C13H17F3N2O2S. The van der Waals surface area contributed by atoms with Crippen LogP contribution in [0.15, 0.2) is 29.2 Å². The molecule has 0 bridgehead atoms. The van der Waals surface area contributed by atoms with Gasteiger partial charge in [0.05, 0.1) is 10.5 Å². The minimum absolute atomic E-state index is 0.103. The predicted molar refractivity (Wildman–Crippen MR) is 72.3 cm³/mol. The van der Waals surface area contributed by atoms with Crippen LogP contribution in [0, 0.1) is 0 Å². The summed E-state index contributed by atoms with van der Waals surface area (Å²) in [6, 6.07) is 3.80. The Balaban J connectivity index is 2.50. The van der Waals surface area contributed by atoms with E-state index < -0.39 is 32.7 Å². The lowest BCUT2D eigenvalue weighted by Gasteiger charge is -2.36. The van der Waals surface area contributed by atoms with Crippen LogP contribution in [0.25, 0.3) is 0 Å². The van der Waals surface area contributed by atoms with Gasteiger partial charge >= 0.3 is 6.18 Å². The molecule has 118 valence electrons. The zero-order chi connectivity index (χ0) is 15.8. The van der Waals surface area contributed by atoms with Crippen molar-refractivity contribution in [2.75, 3.05) is 13.1 Å². The summed E-state index contributed by atoms with van der Waals surface area (Å²) in [6.07, 6.45) is -4.70. The van der Waals surface area contributed by atoms with Crippen LogP contribution in [-0.4, -0.2) is 37.9 Å². The number of hydrogen-bond donors (Lipinski definition) is 1. The molecule has 1 fully saturated rings. The van der Waals surface area contributed by atoms with Crippen LogP contribution in [0.5, 0.6) is 0 Å². The van der Waals surface area contributed by atoms with Crippen LogP contribution in [0.3, 0.4) is 0 Å². The summed E-state index contributed by atoms with van der Waals surface area (Å²) in [5, 5.41) is 3.10. The van der Waals surface area contributed by atoms with Gasteiger partial charge in [0.25, 0.3) is 0 Å². The highest BCUT2D eigenvalue weighted by Crippen LogP contribution is 2.35. The molecule has 0 aromatic heterocycles. The SMILES string of the molecule is CC1CN(S(=O)(=O)c2ccccc2C(F)(F)F)C(C)CN1. The summed E-state index contributed by atoms with van der Waals surface area (Å²) in [5.41, 5.74) is -1.12. The zero-order valence-corrected chi connectivity index (χ0v) is 12.5. The van der Waals surface area contributed by atoms with Gasteiger partial charge < -0.3 is 5.32 Å². The van der Waals surface area contributed by atoms with Gasteiger partial charge in [0.15, 0.2) is 0 Å². The van der Waals surface area contributed by atoms with Gasteiger partial charge in [0.1, 0.15) is 0 Å². The number of rotatable bonds is 2. The van der Waals surface area contributed by atoms with Crippen molar-refractivity contribution in [1.82, 2.24) is 9.62 Å². The Morgan fingerprint density at radius 2 is 1.86 bits per heavy atom. The van der Waals surface area contributed by atoms with Crippen LogP contribution in [0.2, 0.25) is 0 Å². The van der Waals surface area contributed by atoms with Crippen molar-refractivity contribution in [3.05, 3.63) is 29.8 Å². The van der Waals surface area contributed by atoms with Gasteiger partial charge in [-0.1, -0.05) is 12.1 Å². The van der Waals surface area contributed by atoms with Gasteiger partial charge in [0, 0.05) is 25.2 Å². The average Bonchev–Trinajstić information content (AvgIpc) is 2.40. The second-order valence-corrected chi connectivity index (χ2v) is 7.09. The molecule has 8 heteroatoms. The molecule has 1 aliphatic heterocycles. The van der Waals surface area contributed by atoms with E-state index in [4.69, 9.17) is 0 Å². The van der Waals surface area contributed by atoms with E-state index in [0.717, 1.165) is 16.4 Å². The number of alkyl halides is 3. The van der Waals surface area contributed by atoms with E-state index in [-0.39, 0.29) is 12.6 Å². The second-order valence-electron chi connectivity index (χ2n) is 5.23. The maximum Gasteiger partial charge on any atom is 0.417 e. The van der Waals surface area contributed by atoms with Crippen molar-refractivity contribution in [3.63, 3.8) is 0 Å². The zero-order valence-electron chi connectivity index (χ0n) is 11.7. The molecule has 2 unspecified atom stereocenters. The fraction of sp³-hybridized carbons (Fsp3) is 0.538. The van der Waals surface area contributed by atoms with Gasteiger partial charge in [-0.3, -0.25) is 0 Å². The van der Waals surface area contributed by atoms with Crippen molar-refractivity contribution in [3.8, 4) is 0 Å². The van der Waals surface area contributed by atoms with Crippen LogP contribution in [0.4, 0.5) is 13.2 Å². The van der Waals surface area contributed by atoms with Crippen LogP contribution in [0.1, 0.15) is 19.4 Å². The third-order valence-corrected chi connectivity index (χ3v) is 5.52. The first-order chi connectivity index (χ1) is 9.64. The largest absolute Gasteiger partial charge is 0.417 e. The van der Waals surface area contributed by atoms with E-state index in [2.05, 4.69) is 5.32 Å². The standard InChI is InChI=1S/C13H17F3N2O2S/c1-9-8-18(10(2)7-17-9)21(19,20)12-6-4-3-5-11(12)13(14,15)16/h3-6,9-10,17H,7-8H2,1-2H3. The predicted octanol–water partition coefficient (Wildman–Crippen LogP) is 2.08. The Kier molecular flexibility index (Phi) is 4.32. The summed E-state index contributed by atoms with van der Waals surface area (Å²) < 4.78 is 65.4. The molecule has 2 rings (SSSR count). The number of nitrogens with one attached hydrogen (secondary N) is 1. The van der Waals surface area contributed by atoms with Gasteiger partial charge in [0.2, 0.25) is 10.0 Å². The molecular weight excluding hydrogens is 305 g/mol. The first-order valence-electron chi connectivity index (χ1n) is 6.55. The first kappa shape index (κ1) is 16.3. The van der Waals surface area contributed by atoms with Crippen molar-refractivity contribution >= 4 is 10.0 Å². The molecule has 2 atom stereocenters. The molecule has 21 heavy (non-hydrogen) atoms. The lowest BCUT2D eigenvalue weighted by Crippen LogP contribution is -2.56. The summed E-state index contributed by atoms with van der Waals surface area (Å²) >= 11 is 0. The molecule has 1 aromatic carbocycles. The molecule has 1 saturated heterocycles. The van der Waals surface area contributed by atoms with E-state index in [1.807, 2.05) is 0 Å². The number of piperazine rings is 1. The van der Waals surface area contributed by atoms with Crippen LogP contribution in [-0.2, 0) is 16.2 Å². The third kappa shape index (κ3) is 3.22. The molecule has 1 aliphatic rings. The fourth-order valence-corrected chi connectivity index (χ4v) is 4.31. The quantitative estimate of drug-likeness (QED) is 0.907. The Bertz CT molecular complexity index is 616. The maximum absolute atomic E-state index is 13.0. The van der Waals surface area contributed by atoms with E-state index in [9.17, 15) is 21.6 Å². The van der Waals surface area contributed by atoms with Crippen LogP contribution < -0.4 is 5.32 Å². The van der Waals surface area contributed by atoms with Gasteiger partial charge in [-0.2, -0.15) is 17.5 Å². The van der Waals surface area contributed by atoms with Gasteiger partial charge in [-0.25, -0.2) is 8.42 Å². The smallest absolute Gasteiger partial charge is 0.311 e. The third-order valence-electron chi connectivity index (χ3n) is 3.49. The minimum atomic E-state index is -4.70. The summed E-state index contributed by atoms with van der Waals surface area (Å²) in [5.74, 6) is 0. The molecule has 1 N–H and O–H groups in total. The highest BCUT2D eigenvalue weighted by atomic mass is 32.2. The maximum atomic E-state index is 13.0. The van der Waals surface area contributed by atoms with Crippen molar-refractivity contribution in [2.45, 2.75) is 37.0 Å². The Hall–Kier alpha value is -1.12. The number of halogens is 3. The molecule has 0 amide bonds. The molecule has 0 radical (unpaired) electrons. The Morgan fingerprint density at radius 3 is 2.48 bits per heavy atom. The minimum Gasteiger partial charge on any atom is -0.311 e. The van der Waals surface area contributed by atoms with E-state index in [0.29, 0.717) is 6.54 Å². The molecule has 0 saturated carbocycles. The number of sulfonamides is 1. The Morgan fingerprint density at radius 1 is 1.24 bits per heavy atom. The molecule has 0 spiro atoms. The Labute approximate surface area is 122 Å². The van der Waals surface area contributed by atoms with E-state index in [1.54, 1.807) is 13.8 Å². The van der Waals surface area contributed by atoms with E-state index in [1.165, 1.54) is 12.1 Å². The molecule has 1 aromatic rings. The van der Waals surface area contributed by atoms with Gasteiger partial charge in [-0.05, 0) is 26.0 Å². The summed E-state index contributed by atoms with van der Waals surface area (Å²) in [6.45, 7) is 4.03. The van der Waals surface area contributed by atoms with Crippen molar-refractivity contribution in [2.24, 2.45) is 0 Å². The second kappa shape index (κ2) is 5.58. The topological polar surface area (TPSA) is 49.4 Å². The normalized spacial score (nSPS) is 25.0. The van der Waals surface area contributed by atoms with Crippen molar-refractivity contribution in [1.29, 1.82) is 0 Å². The van der Waals surface area contributed by atoms with E-state index >= 15 is 0 Å². The van der Waals surface area contributed by atoms with Crippen LogP contribution >= 0.6 is 0 Å². The first-order valence-corrected chi connectivity index (χ1v) is 7.99. The summed E-state index contributed by atoms with van der Waals surface area (Å²) in [7, 11) is -4.18. The highest BCUT2D eigenvalue weighted by Gasteiger charge is 2.41. The monoisotopic (exact) mass is 322 g/mol. The van der Waals surface area contributed by atoms with Crippen molar-refractivity contribution < 1.29 is 21.6 Å². The fourth-order valence-electron chi connectivity index (χ4n) is 2.38. The molecule has 1 heterocycles. The van der Waals surface area contributed by atoms with Gasteiger partial charge in [-0.15, -0.1) is 0 Å². The number of nitrogens with zero attached hydrogens (tertiary/aromatic N) is 1. The molecule has 0 aliphatic carbocycles. The lowest BCUT2D eigenvalue weighted by molar-refractivity contribution is -0.139. The highest BCUT2D eigenvalue weighted by molar-refractivity contribution is 7.89.